The Morgan fingerprint density at radius 3 is 2.79 bits per heavy atom. The summed E-state index contributed by atoms with van der Waals surface area (Å²) in [4.78, 5) is 23.4. The van der Waals surface area contributed by atoms with Gasteiger partial charge >= 0.3 is 6.03 Å². The van der Waals surface area contributed by atoms with Gasteiger partial charge < -0.3 is 20.1 Å². The van der Waals surface area contributed by atoms with E-state index in [0.717, 1.165) is 53.8 Å². The van der Waals surface area contributed by atoms with Crippen molar-refractivity contribution in [1.82, 2.24) is 24.8 Å². The van der Waals surface area contributed by atoms with Gasteiger partial charge in [0.1, 0.15) is 5.52 Å². The summed E-state index contributed by atoms with van der Waals surface area (Å²) in [6.07, 6.45) is 9.66. The van der Waals surface area contributed by atoms with Crippen LogP contribution in [-0.2, 0) is 0 Å². The van der Waals surface area contributed by atoms with E-state index in [1.165, 1.54) is 0 Å². The third kappa shape index (κ3) is 3.71. The highest BCUT2D eigenvalue weighted by Gasteiger charge is 2.22. The molecular formula is C21H26N6O. The molecular weight excluding hydrogens is 352 g/mol. The summed E-state index contributed by atoms with van der Waals surface area (Å²) in [5.74, 6) is 0. The number of hydrogen-bond acceptors (Lipinski definition) is 4. The van der Waals surface area contributed by atoms with E-state index in [-0.39, 0.29) is 6.03 Å². The molecule has 1 saturated heterocycles. The van der Waals surface area contributed by atoms with E-state index < -0.39 is 0 Å². The van der Waals surface area contributed by atoms with Crippen LogP contribution in [0.5, 0.6) is 0 Å². The Hall–Kier alpha value is -2.93. The van der Waals surface area contributed by atoms with Crippen LogP contribution in [0.1, 0.15) is 25.8 Å². The number of carbonyl (C=O) groups excluding carboxylic acids is 1. The van der Waals surface area contributed by atoms with Crippen molar-refractivity contribution in [3.63, 3.8) is 0 Å². The second kappa shape index (κ2) is 7.98. The molecule has 0 radical (unpaired) electrons. The number of amides is 2. The molecule has 4 heterocycles. The van der Waals surface area contributed by atoms with Crippen LogP contribution in [0.4, 0.5) is 10.5 Å². The maximum Gasteiger partial charge on any atom is 0.319 e. The highest BCUT2D eigenvalue weighted by molar-refractivity contribution is 6.00. The maximum absolute atomic E-state index is 12.1. The molecule has 146 valence electrons. The zero-order valence-electron chi connectivity index (χ0n) is 16.4. The van der Waals surface area contributed by atoms with E-state index in [1.54, 1.807) is 6.20 Å². The molecule has 28 heavy (non-hydrogen) atoms. The maximum atomic E-state index is 12.1. The van der Waals surface area contributed by atoms with Crippen LogP contribution in [-0.4, -0.2) is 52.1 Å². The summed E-state index contributed by atoms with van der Waals surface area (Å²) >= 11 is 0. The monoisotopic (exact) mass is 378 g/mol. The van der Waals surface area contributed by atoms with Gasteiger partial charge in [-0.05, 0) is 52.0 Å². The lowest BCUT2D eigenvalue weighted by atomic mass is 10.0. The Morgan fingerprint density at radius 1 is 1.25 bits per heavy atom. The SMILES string of the molecule is CCNC(=O)Nc1cn(C2CCN(C)CC2)c2cc(-c3cccnc3)cnc12. The predicted octanol–water partition coefficient (Wildman–Crippen LogP) is 3.51. The number of likely N-dealkylation sites (tertiary alicyclic amines) is 1. The molecule has 4 rings (SSSR count). The van der Waals surface area contributed by atoms with E-state index in [2.05, 4.69) is 38.2 Å². The lowest BCUT2D eigenvalue weighted by Crippen LogP contribution is -2.31. The third-order valence-corrected chi connectivity index (χ3v) is 5.33. The van der Waals surface area contributed by atoms with Gasteiger partial charge in [0, 0.05) is 48.5 Å². The normalized spacial score (nSPS) is 15.6. The summed E-state index contributed by atoms with van der Waals surface area (Å²) in [6, 6.07) is 6.31. The molecule has 0 saturated carbocycles. The summed E-state index contributed by atoms with van der Waals surface area (Å²) in [7, 11) is 2.16. The van der Waals surface area contributed by atoms with Gasteiger partial charge in [-0.2, -0.15) is 0 Å². The van der Waals surface area contributed by atoms with E-state index in [1.807, 2.05) is 37.6 Å². The highest BCUT2D eigenvalue weighted by Crippen LogP contribution is 2.33. The van der Waals surface area contributed by atoms with E-state index in [0.29, 0.717) is 12.6 Å². The van der Waals surface area contributed by atoms with Crippen molar-refractivity contribution < 1.29 is 4.79 Å². The summed E-state index contributed by atoms with van der Waals surface area (Å²) in [6.45, 7) is 4.62. The first-order valence-electron chi connectivity index (χ1n) is 9.80. The fourth-order valence-corrected chi connectivity index (χ4v) is 3.81. The van der Waals surface area contributed by atoms with Crippen molar-refractivity contribution in [2.45, 2.75) is 25.8 Å². The van der Waals surface area contributed by atoms with Crippen LogP contribution in [0.15, 0.2) is 43.0 Å². The second-order valence-corrected chi connectivity index (χ2v) is 7.30. The van der Waals surface area contributed by atoms with Crippen LogP contribution < -0.4 is 10.6 Å². The Kier molecular flexibility index (Phi) is 5.25. The Labute approximate surface area is 164 Å². The van der Waals surface area contributed by atoms with E-state index in [9.17, 15) is 4.79 Å². The first kappa shape index (κ1) is 18.4. The molecule has 1 aliphatic rings. The minimum atomic E-state index is -0.205. The largest absolute Gasteiger partial charge is 0.341 e. The predicted molar refractivity (Wildman–Crippen MR) is 111 cm³/mol. The molecule has 0 unspecified atom stereocenters. The minimum absolute atomic E-state index is 0.205. The van der Waals surface area contributed by atoms with Crippen molar-refractivity contribution in [3.05, 3.63) is 43.0 Å². The van der Waals surface area contributed by atoms with Crippen LogP contribution in [0.25, 0.3) is 22.2 Å². The number of pyridine rings is 2. The standard InChI is InChI=1S/C21H26N6O/c1-3-23-21(28)25-18-14-27(17-6-9-26(2)10-7-17)19-11-16(13-24-20(18)19)15-5-4-8-22-12-15/h4-5,8,11-14,17H,3,6-7,9-10H2,1-2H3,(H2,23,25,28). The van der Waals surface area contributed by atoms with Gasteiger partial charge in [0.05, 0.1) is 11.2 Å². The zero-order valence-corrected chi connectivity index (χ0v) is 16.4. The molecule has 1 fully saturated rings. The molecule has 3 aromatic heterocycles. The Bertz CT molecular complexity index is 960. The van der Waals surface area contributed by atoms with Crippen molar-refractivity contribution in [2.24, 2.45) is 0 Å². The summed E-state index contributed by atoms with van der Waals surface area (Å²) < 4.78 is 2.29. The summed E-state index contributed by atoms with van der Waals surface area (Å²) in [5.41, 5.74) is 4.67. The summed E-state index contributed by atoms with van der Waals surface area (Å²) in [5, 5.41) is 5.75. The van der Waals surface area contributed by atoms with Gasteiger partial charge in [0.25, 0.3) is 0 Å². The fourth-order valence-electron chi connectivity index (χ4n) is 3.81. The van der Waals surface area contributed by atoms with Crippen molar-refractivity contribution in [1.29, 1.82) is 0 Å². The Morgan fingerprint density at radius 2 is 2.07 bits per heavy atom. The van der Waals surface area contributed by atoms with Crippen molar-refractivity contribution in [2.75, 3.05) is 32.0 Å². The average Bonchev–Trinajstić information content (AvgIpc) is 3.07. The molecule has 2 amide bonds. The third-order valence-electron chi connectivity index (χ3n) is 5.33. The van der Waals surface area contributed by atoms with Crippen LogP contribution in [0, 0.1) is 0 Å². The van der Waals surface area contributed by atoms with Gasteiger partial charge in [-0.15, -0.1) is 0 Å². The zero-order chi connectivity index (χ0) is 19.5. The number of carbonyl (C=O) groups is 1. The quantitative estimate of drug-likeness (QED) is 0.729. The first-order valence-corrected chi connectivity index (χ1v) is 9.80. The van der Waals surface area contributed by atoms with Crippen LogP contribution in [0.2, 0.25) is 0 Å². The number of urea groups is 1. The smallest absolute Gasteiger partial charge is 0.319 e. The lowest BCUT2D eigenvalue weighted by molar-refractivity contribution is 0.224. The van der Waals surface area contributed by atoms with Crippen LogP contribution >= 0.6 is 0 Å². The van der Waals surface area contributed by atoms with E-state index >= 15 is 0 Å². The number of rotatable bonds is 4. The fraction of sp³-hybridized carbons (Fsp3) is 0.381. The molecule has 1 aliphatic heterocycles. The molecule has 0 atom stereocenters. The molecule has 3 aromatic rings. The molecule has 0 bridgehead atoms. The van der Waals surface area contributed by atoms with Gasteiger partial charge in [-0.25, -0.2) is 4.79 Å². The lowest BCUT2D eigenvalue weighted by Gasteiger charge is -2.30. The number of piperidine rings is 1. The molecule has 7 nitrogen and oxygen atoms in total. The number of nitrogens with one attached hydrogen (secondary N) is 2. The number of nitrogens with zero attached hydrogens (tertiary/aromatic N) is 4. The first-order chi connectivity index (χ1) is 13.7. The van der Waals surface area contributed by atoms with Gasteiger partial charge in [0.2, 0.25) is 0 Å². The molecule has 0 spiro atoms. The molecule has 0 aromatic carbocycles. The van der Waals surface area contributed by atoms with Gasteiger partial charge in [-0.3, -0.25) is 9.97 Å². The molecule has 0 aliphatic carbocycles. The number of anilines is 1. The van der Waals surface area contributed by atoms with Crippen LogP contribution in [0.3, 0.4) is 0 Å². The topological polar surface area (TPSA) is 75.1 Å². The highest BCUT2D eigenvalue weighted by atomic mass is 16.2. The second-order valence-electron chi connectivity index (χ2n) is 7.30. The van der Waals surface area contributed by atoms with Crippen molar-refractivity contribution >= 4 is 22.8 Å². The number of fused-ring (bicyclic) bond motifs is 1. The Balaban J connectivity index is 1.77. The molecule has 2 N–H and O–H groups in total. The van der Waals surface area contributed by atoms with E-state index in [4.69, 9.17) is 4.98 Å². The molecule has 7 heteroatoms. The van der Waals surface area contributed by atoms with Crippen molar-refractivity contribution in [3.8, 4) is 11.1 Å². The average molecular weight is 378 g/mol. The van der Waals surface area contributed by atoms with Gasteiger partial charge in [0.15, 0.2) is 0 Å². The number of aromatic nitrogens is 3. The number of hydrogen-bond donors (Lipinski definition) is 2. The minimum Gasteiger partial charge on any atom is -0.341 e. The van der Waals surface area contributed by atoms with Gasteiger partial charge in [-0.1, -0.05) is 6.07 Å².